The molecule has 0 spiro atoms. The summed E-state index contributed by atoms with van der Waals surface area (Å²) in [5.74, 6) is 0. The molecule has 1 atom stereocenters. The van der Waals surface area contributed by atoms with Gasteiger partial charge in [-0.15, -0.1) is 0 Å². The molecule has 0 saturated carbocycles. The number of hydrogen-bond acceptors (Lipinski definition) is 7. The van der Waals surface area contributed by atoms with Gasteiger partial charge in [-0.05, 0) is 63.2 Å². The number of nitrogens with one attached hydrogen (secondary N) is 2. The van der Waals surface area contributed by atoms with Gasteiger partial charge in [0, 0.05) is 25.0 Å². The lowest BCUT2D eigenvalue weighted by molar-refractivity contribution is 0.481. The Hall–Kier alpha value is -2.83. The van der Waals surface area contributed by atoms with Gasteiger partial charge >= 0.3 is 0 Å². The number of nitrogens with zero attached hydrogens (tertiary/aromatic N) is 1. The second kappa shape index (κ2) is 12.6. The molecule has 1 fully saturated rings. The van der Waals surface area contributed by atoms with Gasteiger partial charge in [0.1, 0.15) is 0 Å². The van der Waals surface area contributed by atoms with Crippen molar-refractivity contribution in [3.8, 4) is 0 Å². The summed E-state index contributed by atoms with van der Waals surface area (Å²) in [7, 11) is -8.04. The minimum atomic E-state index is -4.02. The van der Waals surface area contributed by atoms with Crippen LogP contribution in [0, 0.1) is 13.8 Å². The molecule has 3 aromatic rings. The molecule has 34 heavy (non-hydrogen) atoms. The Kier molecular flexibility index (Phi) is 10.1. The van der Waals surface area contributed by atoms with Crippen molar-refractivity contribution in [1.82, 2.24) is 10.3 Å². The molecule has 1 saturated heterocycles. The van der Waals surface area contributed by atoms with E-state index in [-0.39, 0.29) is 9.79 Å². The molecule has 1 aromatic heterocycles. The van der Waals surface area contributed by atoms with Crippen LogP contribution in [0.25, 0.3) is 0 Å². The maximum absolute atomic E-state index is 10.5. The predicted molar refractivity (Wildman–Crippen MR) is 131 cm³/mol. The van der Waals surface area contributed by atoms with Crippen LogP contribution in [0.3, 0.4) is 0 Å². The lowest BCUT2D eigenvalue weighted by Crippen LogP contribution is -2.21. The Labute approximate surface area is 200 Å². The van der Waals surface area contributed by atoms with E-state index < -0.39 is 20.2 Å². The van der Waals surface area contributed by atoms with Crippen molar-refractivity contribution in [2.24, 2.45) is 0 Å². The van der Waals surface area contributed by atoms with Crippen LogP contribution >= 0.6 is 0 Å². The topological polar surface area (TPSA) is 146 Å². The molecule has 0 aliphatic carbocycles. The minimum Gasteiger partial charge on any atom is -0.380 e. The first-order valence-electron chi connectivity index (χ1n) is 10.4. The third kappa shape index (κ3) is 9.98. The number of rotatable bonds is 4. The van der Waals surface area contributed by atoms with Crippen LogP contribution in [0.2, 0.25) is 0 Å². The van der Waals surface area contributed by atoms with Crippen molar-refractivity contribution < 1.29 is 25.9 Å². The monoisotopic (exact) mass is 507 g/mol. The lowest BCUT2D eigenvalue weighted by atomic mass is 10.2. The Balaban J connectivity index is 0.000000181. The van der Waals surface area contributed by atoms with E-state index in [0.717, 1.165) is 29.9 Å². The van der Waals surface area contributed by atoms with E-state index in [9.17, 15) is 16.8 Å². The van der Waals surface area contributed by atoms with Crippen molar-refractivity contribution >= 4 is 25.9 Å². The van der Waals surface area contributed by atoms with E-state index in [1.807, 2.05) is 32.2 Å². The molecular weight excluding hydrogens is 478 g/mol. The van der Waals surface area contributed by atoms with Crippen LogP contribution in [0.4, 0.5) is 5.69 Å². The van der Waals surface area contributed by atoms with Crippen molar-refractivity contribution in [3.63, 3.8) is 0 Å². The Morgan fingerprint density at radius 2 is 1.35 bits per heavy atom. The molecule has 1 aliphatic rings. The first-order valence-corrected chi connectivity index (χ1v) is 13.3. The Bertz CT molecular complexity index is 1150. The van der Waals surface area contributed by atoms with Crippen LogP contribution < -0.4 is 10.6 Å². The van der Waals surface area contributed by atoms with Crippen LogP contribution in [0.5, 0.6) is 0 Å². The van der Waals surface area contributed by atoms with E-state index in [2.05, 4.69) is 15.6 Å². The summed E-state index contributed by atoms with van der Waals surface area (Å²) in [6, 6.07) is 16.5. The van der Waals surface area contributed by atoms with Crippen molar-refractivity contribution in [3.05, 3.63) is 84.2 Å². The second-order valence-corrected chi connectivity index (χ2v) is 10.5. The number of hydrogen-bond donors (Lipinski definition) is 4. The van der Waals surface area contributed by atoms with Gasteiger partial charge in [-0.2, -0.15) is 16.8 Å². The maximum atomic E-state index is 10.5. The summed E-state index contributed by atoms with van der Waals surface area (Å²) in [6.45, 7) is 5.87. The first-order chi connectivity index (χ1) is 15.9. The molecule has 2 aromatic carbocycles. The normalized spacial score (nSPS) is 15.4. The van der Waals surface area contributed by atoms with Gasteiger partial charge in [-0.1, -0.05) is 35.4 Å². The average molecular weight is 508 g/mol. The molecule has 4 rings (SSSR count). The maximum Gasteiger partial charge on any atom is 0.294 e. The predicted octanol–water partition coefficient (Wildman–Crippen LogP) is 3.34. The molecule has 2 heterocycles. The van der Waals surface area contributed by atoms with Crippen LogP contribution in [0.1, 0.15) is 17.5 Å². The number of benzene rings is 2. The number of pyridine rings is 1. The summed E-state index contributed by atoms with van der Waals surface area (Å²) in [4.78, 5) is 3.91. The second-order valence-electron chi connectivity index (χ2n) is 7.65. The molecule has 1 aliphatic heterocycles. The summed E-state index contributed by atoms with van der Waals surface area (Å²) >= 11 is 0. The van der Waals surface area contributed by atoms with E-state index in [1.54, 1.807) is 30.5 Å². The van der Waals surface area contributed by atoms with Gasteiger partial charge in [-0.25, -0.2) is 0 Å². The summed E-state index contributed by atoms with van der Waals surface area (Å²) < 4.78 is 59.1. The fourth-order valence-electron chi connectivity index (χ4n) is 2.88. The molecule has 184 valence electrons. The van der Waals surface area contributed by atoms with E-state index >= 15 is 0 Å². The van der Waals surface area contributed by atoms with Crippen molar-refractivity contribution in [2.45, 2.75) is 36.1 Å². The zero-order chi connectivity index (χ0) is 25.2. The quantitative estimate of drug-likeness (QED) is 0.391. The number of aromatic nitrogens is 1. The number of aryl methyl sites for hydroxylation is 2. The smallest absolute Gasteiger partial charge is 0.294 e. The SMILES string of the molecule is Cc1ccc(S(=O)(=O)O)cc1.Cc1ccc(S(=O)(=O)O)cc1.c1cncc(NC2CCNC2)c1. The van der Waals surface area contributed by atoms with E-state index in [0.29, 0.717) is 6.04 Å². The highest BCUT2D eigenvalue weighted by Crippen LogP contribution is 2.10. The van der Waals surface area contributed by atoms with Gasteiger partial charge < -0.3 is 10.6 Å². The Morgan fingerprint density at radius 1 is 0.853 bits per heavy atom. The first kappa shape index (κ1) is 27.4. The standard InChI is InChI=1S/C9H13N3.2C7H8O3S/c1-2-8(6-10-4-1)12-9-3-5-11-7-9;2*1-6-2-4-7(5-3-6)11(8,9)10/h1-2,4,6,9,11-12H,3,5,7H2;2*2-5H,1H3,(H,8,9,10). The average Bonchev–Trinajstić information content (AvgIpc) is 3.28. The fourth-order valence-corrected chi connectivity index (χ4v) is 3.84. The molecule has 11 heteroatoms. The molecule has 0 amide bonds. The fraction of sp³-hybridized carbons (Fsp3) is 0.261. The molecule has 4 N–H and O–H groups in total. The summed E-state index contributed by atoms with van der Waals surface area (Å²) in [5, 5.41) is 6.73. The molecule has 0 radical (unpaired) electrons. The molecule has 1 unspecified atom stereocenters. The minimum absolute atomic E-state index is 0.0666. The Morgan fingerprint density at radius 3 is 1.71 bits per heavy atom. The van der Waals surface area contributed by atoms with Crippen LogP contribution in [-0.4, -0.2) is 50.1 Å². The molecular formula is C23H29N3O6S2. The van der Waals surface area contributed by atoms with E-state index in [1.165, 1.54) is 30.7 Å². The van der Waals surface area contributed by atoms with Gasteiger partial charge in [0.05, 0.1) is 15.5 Å². The zero-order valence-corrected chi connectivity index (χ0v) is 20.6. The third-order valence-corrected chi connectivity index (χ3v) is 6.47. The summed E-state index contributed by atoms with van der Waals surface area (Å²) in [6.07, 6.45) is 4.85. The molecule has 9 nitrogen and oxygen atoms in total. The zero-order valence-electron chi connectivity index (χ0n) is 18.9. The van der Waals surface area contributed by atoms with Gasteiger partial charge in [0.25, 0.3) is 20.2 Å². The van der Waals surface area contributed by atoms with Crippen molar-refractivity contribution in [2.75, 3.05) is 18.4 Å². The molecule has 0 bridgehead atoms. The highest BCUT2D eigenvalue weighted by Gasteiger charge is 2.13. The van der Waals surface area contributed by atoms with Crippen molar-refractivity contribution in [1.29, 1.82) is 0 Å². The van der Waals surface area contributed by atoms with Crippen LogP contribution in [0.15, 0.2) is 82.8 Å². The van der Waals surface area contributed by atoms with Gasteiger partial charge in [-0.3, -0.25) is 14.1 Å². The van der Waals surface area contributed by atoms with Gasteiger partial charge in [0.15, 0.2) is 0 Å². The third-order valence-electron chi connectivity index (χ3n) is 4.73. The number of anilines is 1. The van der Waals surface area contributed by atoms with E-state index in [4.69, 9.17) is 9.11 Å². The van der Waals surface area contributed by atoms with Gasteiger partial charge in [0.2, 0.25) is 0 Å². The highest BCUT2D eigenvalue weighted by molar-refractivity contribution is 7.86. The lowest BCUT2D eigenvalue weighted by Gasteiger charge is -2.11. The highest BCUT2D eigenvalue weighted by atomic mass is 32.2. The largest absolute Gasteiger partial charge is 0.380 e. The van der Waals surface area contributed by atoms with Crippen LogP contribution in [-0.2, 0) is 20.2 Å². The summed E-state index contributed by atoms with van der Waals surface area (Å²) in [5.41, 5.74) is 3.03.